The number of urea groups is 1. The third-order valence-electron chi connectivity index (χ3n) is 5.47. The van der Waals surface area contributed by atoms with Gasteiger partial charge in [0.15, 0.2) is 0 Å². The fourth-order valence-electron chi connectivity index (χ4n) is 4.04. The number of halogens is 1. The molecule has 169 valence electrons. The largest absolute Gasteiger partial charge is 0.385 e. The topological polar surface area (TPSA) is 62.8 Å². The number of nitrogens with zero attached hydrogens (tertiary/aromatic N) is 1. The molecular weight excluding hydrogens is 385 g/mol. The van der Waals surface area contributed by atoms with Crippen LogP contribution in [0.3, 0.4) is 0 Å². The molecule has 2 N–H and O–H groups in total. The Bertz CT molecular complexity index is 631. The number of hydrogen-bond donors (Lipinski definition) is 2. The van der Waals surface area contributed by atoms with Crippen molar-refractivity contribution < 1.29 is 18.7 Å². The molecule has 6 nitrogen and oxygen atoms in total. The summed E-state index contributed by atoms with van der Waals surface area (Å²) in [5.74, 6) is -0.138. The highest BCUT2D eigenvalue weighted by Gasteiger charge is 2.31. The van der Waals surface area contributed by atoms with E-state index in [1.165, 1.54) is 12.1 Å². The van der Waals surface area contributed by atoms with Crippen molar-refractivity contribution in [2.45, 2.75) is 44.8 Å². The number of likely N-dealkylation sites (N-methyl/N-ethyl adjacent to an activating group) is 1. The number of carbonyl (C=O) groups is 1. The Labute approximate surface area is 180 Å². The van der Waals surface area contributed by atoms with Crippen molar-refractivity contribution in [1.82, 2.24) is 15.5 Å². The average molecular weight is 423 g/mol. The summed E-state index contributed by atoms with van der Waals surface area (Å²) in [6, 6.07) is 6.62. The van der Waals surface area contributed by atoms with Gasteiger partial charge in [-0.3, -0.25) is 0 Å². The van der Waals surface area contributed by atoms with Crippen molar-refractivity contribution in [2.75, 3.05) is 47.0 Å². The first-order valence-electron chi connectivity index (χ1n) is 10.9. The van der Waals surface area contributed by atoms with Crippen LogP contribution in [0.5, 0.6) is 0 Å². The molecular formula is C23H37FN3O3. The number of hydrogen-bond acceptors (Lipinski definition) is 4. The Morgan fingerprint density at radius 1 is 1.43 bits per heavy atom. The third kappa shape index (κ3) is 7.85. The molecule has 0 unspecified atom stereocenters. The smallest absolute Gasteiger partial charge is 0.317 e. The number of ether oxygens (including phenoxy) is 2. The van der Waals surface area contributed by atoms with Crippen LogP contribution in [0.4, 0.5) is 9.18 Å². The number of amides is 2. The molecule has 0 saturated carbocycles. The quantitative estimate of drug-likeness (QED) is 0.506. The van der Waals surface area contributed by atoms with Gasteiger partial charge in [0.25, 0.3) is 0 Å². The van der Waals surface area contributed by atoms with Gasteiger partial charge in [-0.05, 0) is 56.8 Å². The van der Waals surface area contributed by atoms with Crippen LogP contribution in [0.25, 0.3) is 0 Å². The Morgan fingerprint density at radius 3 is 2.97 bits per heavy atom. The van der Waals surface area contributed by atoms with E-state index in [0.29, 0.717) is 26.3 Å². The van der Waals surface area contributed by atoms with Crippen LogP contribution in [-0.2, 0) is 9.47 Å². The highest BCUT2D eigenvalue weighted by Crippen LogP contribution is 2.33. The molecule has 2 rings (SSSR count). The predicted octanol–water partition coefficient (Wildman–Crippen LogP) is 3.54. The maximum Gasteiger partial charge on any atom is 0.317 e. The molecule has 1 fully saturated rings. The van der Waals surface area contributed by atoms with E-state index in [1.54, 1.807) is 13.2 Å². The molecule has 0 bridgehead atoms. The molecule has 0 spiro atoms. The van der Waals surface area contributed by atoms with Crippen molar-refractivity contribution >= 4 is 6.03 Å². The van der Waals surface area contributed by atoms with Crippen molar-refractivity contribution in [3.63, 3.8) is 0 Å². The van der Waals surface area contributed by atoms with Gasteiger partial charge in [0.05, 0.1) is 12.7 Å². The zero-order valence-corrected chi connectivity index (χ0v) is 18.5. The molecule has 1 heterocycles. The van der Waals surface area contributed by atoms with Crippen LogP contribution < -0.4 is 10.6 Å². The number of rotatable bonds is 12. The third-order valence-corrected chi connectivity index (χ3v) is 5.47. The second kappa shape index (κ2) is 13.6. The first kappa shape index (κ1) is 24.6. The number of piperidine rings is 1. The van der Waals surface area contributed by atoms with Crippen molar-refractivity contribution in [3.8, 4) is 0 Å². The van der Waals surface area contributed by atoms with Crippen LogP contribution in [0.15, 0.2) is 24.3 Å². The minimum absolute atomic E-state index is 0.0441. The standard InChI is InChI=1S/C23H37FN3O3/c1-4-13-30-22(18-8-5-10-20(24)15-18)19-9-6-12-27(17-19)23(28)26-21(16-25-2)11-7-14-29-3/h4-5,8,10,15,19,21-22,25H,6-7,9,11-14,16-17H2,1-3H3,(H,26,28)/t19-,21+,22+/m1/s1. The van der Waals surface area contributed by atoms with E-state index in [1.807, 2.05) is 31.4 Å². The van der Waals surface area contributed by atoms with Gasteiger partial charge in [0.2, 0.25) is 0 Å². The Hall–Kier alpha value is -1.70. The van der Waals surface area contributed by atoms with Crippen molar-refractivity contribution in [3.05, 3.63) is 42.1 Å². The minimum atomic E-state index is -0.266. The molecule has 1 radical (unpaired) electrons. The Morgan fingerprint density at radius 2 is 2.27 bits per heavy atom. The number of carbonyl (C=O) groups excluding carboxylic acids is 1. The average Bonchev–Trinajstić information content (AvgIpc) is 2.74. The van der Waals surface area contributed by atoms with Crippen LogP contribution in [0.2, 0.25) is 0 Å². The van der Waals surface area contributed by atoms with Gasteiger partial charge in [0, 0.05) is 45.3 Å². The lowest BCUT2D eigenvalue weighted by atomic mass is 9.88. The van der Waals surface area contributed by atoms with Crippen LogP contribution in [0.1, 0.15) is 44.3 Å². The van der Waals surface area contributed by atoms with E-state index in [-0.39, 0.29) is 29.9 Å². The molecule has 1 saturated heterocycles. The SMILES string of the molecule is C[CH]CO[C@@H](c1cccc(F)c1)[C@@H]1CCCN(C(=O)N[C@@H](CCCOC)CNC)C1. The van der Waals surface area contributed by atoms with E-state index < -0.39 is 0 Å². The minimum Gasteiger partial charge on any atom is -0.385 e. The van der Waals surface area contributed by atoms with Crippen molar-refractivity contribution in [2.24, 2.45) is 5.92 Å². The lowest BCUT2D eigenvalue weighted by molar-refractivity contribution is -0.000630. The summed E-state index contributed by atoms with van der Waals surface area (Å²) in [7, 11) is 3.57. The summed E-state index contributed by atoms with van der Waals surface area (Å²) < 4.78 is 25.0. The molecule has 30 heavy (non-hydrogen) atoms. The summed E-state index contributed by atoms with van der Waals surface area (Å²) in [5, 5.41) is 6.31. The summed E-state index contributed by atoms with van der Waals surface area (Å²) in [6.45, 7) is 5.16. The highest BCUT2D eigenvalue weighted by atomic mass is 19.1. The second-order valence-electron chi connectivity index (χ2n) is 7.90. The molecule has 2 amide bonds. The number of methoxy groups -OCH3 is 1. The predicted molar refractivity (Wildman–Crippen MR) is 117 cm³/mol. The van der Waals surface area contributed by atoms with Gasteiger partial charge in [-0.15, -0.1) is 0 Å². The number of likely N-dealkylation sites (tertiary alicyclic amines) is 1. The monoisotopic (exact) mass is 422 g/mol. The van der Waals surface area contributed by atoms with Gasteiger partial charge in [-0.25, -0.2) is 9.18 Å². The fourth-order valence-corrected chi connectivity index (χ4v) is 4.04. The lowest BCUT2D eigenvalue weighted by Gasteiger charge is -2.37. The number of nitrogens with one attached hydrogen (secondary N) is 2. The van der Waals surface area contributed by atoms with Gasteiger partial charge in [0.1, 0.15) is 5.82 Å². The van der Waals surface area contributed by atoms with E-state index in [9.17, 15) is 9.18 Å². The zero-order chi connectivity index (χ0) is 21.8. The molecule has 7 heteroatoms. The maximum atomic E-state index is 13.8. The highest BCUT2D eigenvalue weighted by molar-refractivity contribution is 5.74. The van der Waals surface area contributed by atoms with Crippen LogP contribution in [-0.4, -0.2) is 64.0 Å². The van der Waals surface area contributed by atoms with Crippen LogP contribution in [0, 0.1) is 18.2 Å². The first-order chi connectivity index (χ1) is 14.6. The Kier molecular flexibility index (Phi) is 11.1. The molecule has 1 aliphatic rings. The van der Waals surface area contributed by atoms with Gasteiger partial charge < -0.3 is 25.0 Å². The van der Waals surface area contributed by atoms with Gasteiger partial charge in [-0.1, -0.05) is 19.1 Å². The van der Waals surface area contributed by atoms with E-state index in [4.69, 9.17) is 9.47 Å². The van der Waals surface area contributed by atoms with Gasteiger partial charge in [-0.2, -0.15) is 0 Å². The summed E-state index contributed by atoms with van der Waals surface area (Å²) in [6.07, 6.45) is 5.32. The molecule has 1 aromatic carbocycles. The van der Waals surface area contributed by atoms with E-state index in [2.05, 4.69) is 10.6 Å². The number of benzene rings is 1. The summed E-state index contributed by atoms with van der Waals surface area (Å²) in [4.78, 5) is 14.8. The van der Waals surface area contributed by atoms with Crippen molar-refractivity contribution in [1.29, 1.82) is 0 Å². The summed E-state index contributed by atoms with van der Waals surface area (Å²) >= 11 is 0. The van der Waals surface area contributed by atoms with Crippen LogP contribution >= 0.6 is 0 Å². The summed E-state index contributed by atoms with van der Waals surface area (Å²) in [5.41, 5.74) is 0.830. The van der Waals surface area contributed by atoms with E-state index in [0.717, 1.165) is 37.8 Å². The molecule has 0 aromatic heterocycles. The fraction of sp³-hybridized carbons (Fsp3) is 0.652. The van der Waals surface area contributed by atoms with Gasteiger partial charge >= 0.3 is 6.03 Å². The van der Waals surface area contributed by atoms with E-state index >= 15 is 0 Å². The first-order valence-corrected chi connectivity index (χ1v) is 10.9. The normalized spacial score (nSPS) is 18.8. The molecule has 3 atom stereocenters. The molecule has 0 aliphatic carbocycles. The molecule has 1 aliphatic heterocycles. The Balaban J connectivity index is 2.02. The lowest BCUT2D eigenvalue weighted by Crippen LogP contribution is -2.51. The zero-order valence-electron chi connectivity index (χ0n) is 18.5. The molecule has 1 aromatic rings. The second-order valence-corrected chi connectivity index (χ2v) is 7.90. The maximum absolute atomic E-state index is 13.8.